The Morgan fingerprint density at radius 3 is 2.64 bits per heavy atom. The molecular weight excluding hydrogens is 326 g/mol. The van der Waals surface area contributed by atoms with E-state index >= 15 is 0 Å². The summed E-state index contributed by atoms with van der Waals surface area (Å²) in [6, 6.07) is 7.50. The Hall–Kier alpha value is -2.54. The molecule has 1 fully saturated rings. The third-order valence-corrected chi connectivity index (χ3v) is 4.37. The number of hydrogen-bond acceptors (Lipinski definition) is 4. The summed E-state index contributed by atoms with van der Waals surface area (Å²) in [7, 11) is 0. The number of benzene rings is 1. The van der Waals surface area contributed by atoms with Crippen LogP contribution in [0.3, 0.4) is 0 Å². The zero-order chi connectivity index (χ0) is 17.8. The Morgan fingerprint density at radius 2 is 1.96 bits per heavy atom. The molecule has 7 heteroatoms. The molecular formula is C18H20F2N4O. The van der Waals surface area contributed by atoms with Gasteiger partial charge < -0.3 is 11.1 Å². The highest BCUT2D eigenvalue weighted by Gasteiger charge is 2.20. The first kappa shape index (κ1) is 17.3. The van der Waals surface area contributed by atoms with Gasteiger partial charge in [0.1, 0.15) is 5.82 Å². The molecule has 0 unspecified atom stereocenters. The van der Waals surface area contributed by atoms with E-state index in [1.807, 2.05) is 0 Å². The van der Waals surface area contributed by atoms with Gasteiger partial charge in [-0.15, -0.1) is 0 Å². The van der Waals surface area contributed by atoms with E-state index in [1.54, 1.807) is 24.4 Å². The fourth-order valence-electron chi connectivity index (χ4n) is 3.00. The van der Waals surface area contributed by atoms with Crippen LogP contribution >= 0.6 is 0 Å². The number of hydrogen-bond donors (Lipinski definition) is 2. The van der Waals surface area contributed by atoms with E-state index in [4.69, 9.17) is 5.73 Å². The number of primary amides is 1. The number of carbonyl (C=O) groups is 1. The van der Waals surface area contributed by atoms with Crippen LogP contribution < -0.4 is 11.1 Å². The zero-order valence-corrected chi connectivity index (χ0v) is 13.7. The van der Waals surface area contributed by atoms with Crippen LogP contribution in [0.2, 0.25) is 0 Å². The molecule has 3 rings (SSSR count). The molecule has 1 aromatic carbocycles. The van der Waals surface area contributed by atoms with Crippen molar-refractivity contribution in [1.29, 1.82) is 0 Å². The molecule has 5 nitrogen and oxygen atoms in total. The molecule has 1 aliphatic heterocycles. The van der Waals surface area contributed by atoms with Crippen molar-refractivity contribution in [2.45, 2.75) is 25.4 Å². The Morgan fingerprint density at radius 1 is 1.20 bits per heavy atom. The highest BCUT2D eigenvalue weighted by atomic mass is 19.2. The molecule has 132 valence electrons. The van der Waals surface area contributed by atoms with Crippen molar-refractivity contribution in [1.82, 2.24) is 9.88 Å². The second-order valence-electron chi connectivity index (χ2n) is 6.24. The molecule has 0 radical (unpaired) electrons. The average molecular weight is 346 g/mol. The topological polar surface area (TPSA) is 71.2 Å². The Bertz CT molecular complexity index is 760. The van der Waals surface area contributed by atoms with Crippen molar-refractivity contribution >= 4 is 11.7 Å². The van der Waals surface area contributed by atoms with Crippen LogP contribution in [-0.2, 0) is 6.54 Å². The number of carbonyl (C=O) groups excluding carboxylic acids is 1. The van der Waals surface area contributed by atoms with Crippen molar-refractivity contribution in [2.24, 2.45) is 5.73 Å². The fourth-order valence-corrected chi connectivity index (χ4v) is 3.00. The molecule has 2 aromatic rings. The van der Waals surface area contributed by atoms with Crippen molar-refractivity contribution in [3.05, 3.63) is 59.3 Å². The minimum absolute atomic E-state index is 0.247. The van der Waals surface area contributed by atoms with Crippen molar-refractivity contribution in [3.63, 3.8) is 0 Å². The van der Waals surface area contributed by atoms with Gasteiger partial charge in [0.2, 0.25) is 5.91 Å². The monoisotopic (exact) mass is 346 g/mol. The van der Waals surface area contributed by atoms with Gasteiger partial charge in [0, 0.05) is 37.4 Å². The summed E-state index contributed by atoms with van der Waals surface area (Å²) >= 11 is 0. The normalized spacial score (nSPS) is 15.9. The molecule has 1 saturated heterocycles. The van der Waals surface area contributed by atoms with Crippen LogP contribution in [-0.4, -0.2) is 34.9 Å². The number of halogens is 2. The third kappa shape index (κ3) is 4.51. The quantitative estimate of drug-likeness (QED) is 0.873. The standard InChI is InChI=1S/C18H20F2N4O/c19-15-2-1-12(9-16(15)20)11-24-7-4-14(5-8-24)23-17-10-13(18(21)25)3-6-22-17/h1-3,6,9-10,14H,4-5,7-8,11H2,(H2,21,25)(H,22,23). The lowest BCUT2D eigenvalue weighted by atomic mass is 10.0. The third-order valence-electron chi connectivity index (χ3n) is 4.37. The van der Waals surface area contributed by atoms with E-state index in [-0.39, 0.29) is 6.04 Å². The van der Waals surface area contributed by atoms with Gasteiger partial charge in [0.25, 0.3) is 0 Å². The molecule has 1 aliphatic rings. The van der Waals surface area contributed by atoms with E-state index in [0.29, 0.717) is 17.9 Å². The maximum Gasteiger partial charge on any atom is 0.248 e. The Balaban J connectivity index is 1.52. The number of nitrogens with zero attached hydrogens (tertiary/aromatic N) is 2. The van der Waals surface area contributed by atoms with Gasteiger partial charge in [0.05, 0.1) is 0 Å². The summed E-state index contributed by atoms with van der Waals surface area (Å²) in [5, 5.41) is 3.32. The summed E-state index contributed by atoms with van der Waals surface area (Å²) in [5.41, 5.74) is 6.47. The van der Waals surface area contributed by atoms with Gasteiger partial charge in [-0.05, 0) is 42.7 Å². The van der Waals surface area contributed by atoms with Crippen LogP contribution in [0.1, 0.15) is 28.8 Å². The van der Waals surface area contributed by atoms with E-state index in [2.05, 4.69) is 15.2 Å². The number of piperidine rings is 1. The van der Waals surface area contributed by atoms with E-state index < -0.39 is 17.5 Å². The van der Waals surface area contributed by atoms with Crippen LogP contribution in [0.5, 0.6) is 0 Å². The molecule has 1 aromatic heterocycles. The fraction of sp³-hybridized carbons (Fsp3) is 0.333. The molecule has 2 heterocycles. The highest BCUT2D eigenvalue weighted by molar-refractivity contribution is 5.93. The number of aromatic nitrogens is 1. The molecule has 0 spiro atoms. The highest BCUT2D eigenvalue weighted by Crippen LogP contribution is 2.18. The Labute approximate surface area is 144 Å². The van der Waals surface area contributed by atoms with Gasteiger partial charge in [0.15, 0.2) is 11.6 Å². The second kappa shape index (κ2) is 7.57. The van der Waals surface area contributed by atoms with Crippen LogP contribution in [0.15, 0.2) is 36.5 Å². The van der Waals surface area contributed by atoms with E-state index in [9.17, 15) is 13.6 Å². The first-order valence-electron chi connectivity index (χ1n) is 8.20. The molecule has 25 heavy (non-hydrogen) atoms. The molecule has 1 amide bonds. The number of anilines is 1. The minimum Gasteiger partial charge on any atom is -0.367 e. The second-order valence-corrected chi connectivity index (χ2v) is 6.24. The van der Waals surface area contributed by atoms with Crippen molar-refractivity contribution < 1.29 is 13.6 Å². The van der Waals surface area contributed by atoms with Gasteiger partial charge in [-0.25, -0.2) is 13.8 Å². The van der Waals surface area contributed by atoms with Gasteiger partial charge >= 0.3 is 0 Å². The van der Waals surface area contributed by atoms with E-state index in [0.717, 1.165) is 37.6 Å². The average Bonchev–Trinajstić information content (AvgIpc) is 2.60. The SMILES string of the molecule is NC(=O)c1ccnc(NC2CCN(Cc3ccc(F)c(F)c3)CC2)c1. The number of pyridine rings is 1. The van der Waals surface area contributed by atoms with Crippen molar-refractivity contribution in [3.8, 4) is 0 Å². The van der Waals surface area contributed by atoms with Crippen molar-refractivity contribution in [2.75, 3.05) is 18.4 Å². The molecule has 3 N–H and O–H groups in total. The number of likely N-dealkylation sites (tertiary alicyclic amines) is 1. The maximum atomic E-state index is 13.3. The van der Waals surface area contributed by atoms with Crippen LogP contribution in [0.4, 0.5) is 14.6 Å². The van der Waals surface area contributed by atoms with Gasteiger partial charge in [-0.1, -0.05) is 6.07 Å². The lowest BCUT2D eigenvalue weighted by molar-refractivity contribution is 0.1000. The number of nitrogens with two attached hydrogens (primary N) is 1. The minimum atomic E-state index is -0.822. The number of nitrogens with one attached hydrogen (secondary N) is 1. The first-order valence-corrected chi connectivity index (χ1v) is 8.20. The van der Waals surface area contributed by atoms with Gasteiger partial charge in [-0.2, -0.15) is 0 Å². The number of rotatable bonds is 5. The Kier molecular flexibility index (Phi) is 5.23. The largest absolute Gasteiger partial charge is 0.367 e. The summed E-state index contributed by atoms with van der Waals surface area (Å²) in [6.07, 6.45) is 3.35. The van der Waals surface area contributed by atoms with Crippen LogP contribution in [0, 0.1) is 11.6 Å². The molecule has 0 bridgehead atoms. The predicted octanol–water partition coefficient (Wildman–Crippen LogP) is 2.54. The molecule has 0 atom stereocenters. The van der Waals surface area contributed by atoms with Crippen LogP contribution in [0.25, 0.3) is 0 Å². The zero-order valence-electron chi connectivity index (χ0n) is 13.7. The lowest BCUT2D eigenvalue weighted by Crippen LogP contribution is -2.38. The first-order chi connectivity index (χ1) is 12.0. The predicted molar refractivity (Wildman–Crippen MR) is 91.0 cm³/mol. The summed E-state index contributed by atoms with van der Waals surface area (Å²) < 4.78 is 26.3. The summed E-state index contributed by atoms with van der Waals surface area (Å²) in [5.74, 6) is -1.48. The van der Waals surface area contributed by atoms with E-state index in [1.165, 1.54) is 6.07 Å². The van der Waals surface area contributed by atoms with Gasteiger partial charge in [-0.3, -0.25) is 9.69 Å². The summed E-state index contributed by atoms with van der Waals surface area (Å²) in [4.78, 5) is 17.6. The summed E-state index contributed by atoms with van der Waals surface area (Å²) in [6.45, 7) is 2.28. The maximum absolute atomic E-state index is 13.3. The number of amides is 1. The smallest absolute Gasteiger partial charge is 0.248 e. The molecule has 0 saturated carbocycles. The molecule has 0 aliphatic carbocycles. The lowest BCUT2D eigenvalue weighted by Gasteiger charge is -2.32.